The zero-order valence-electron chi connectivity index (χ0n) is 18.7. The zero-order chi connectivity index (χ0) is 22.9. The third kappa shape index (κ3) is 11.9. The molecule has 0 bridgehead atoms. The first-order chi connectivity index (χ1) is 15.0. The molecule has 1 aromatic carbocycles. The van der Waals surface area contributed by atoms with Crippen molar-refractivity contribution in [2.45, 2.75) is 103 Å². The van der Waals surface area contributed by atoms with Gasteiger partial charge in [0.15, 0.2) is 23.3 Å². The van der Waals surface area contributed by atoms with E-state index in [1.54, 1.807) is 0 Å². The minimum absolute atomic E-state index is 0.110. The number of halogens is 4. The molecule has 176 valence electrons. The van der Waals surface area contributed by atoms with Gasteiger partial charge in [0.2, 0.25) is 0 Å². The smallest absolute Gasteiger partial charge is 0.306 e. The molecule has 0 radical (unpaired) electrons. The lowest BCUT2D eigenvalue weighted by atomic mass is 10.1. The van der Waals surface area contributed by atoms with Crippen molar-refractivity contribution in [1.82, 2.24) is 0 Å². The molecule has 1 aromatic rings. The fraction of sp³-hybridized carbons (Fsp3) is 0.640. The van der Waals surface area contributed by atoms with Gasteiger partial charge in [-0.25, -0.2) is 17.6 Å². The summed E-state index contributed by atoms with van der Waals surface area (Å²) in [5.74, 6) is -6.73. The van der Waals surface area contributed by atoms with Gasteiger partial charge in [-0.3, -0.25) is 4.79 Å². The fourth-order valence-electron chi connectivity index (χ4n) is 3.31. The van der Waals surface area contributed by atoms with Crippen molar-refractivity contribution in [3.05, 3.63) is 47.1 Å². The van der Waals surface area contributed by atoms with E-state index in [0.717, 1.165) is 38.5 Å². The molecule has 0 amide bonds. The summed E-state index contributed by atoms with van der Waals surface area (Å²) in [7, 11) is 0. The zero-order valence-corrected chi connectivity index (χ0v) is 18.7. The highest BCUT2D eigenvalue weighted by Crippen LogP contribution is 2.20. The van der Waals surface area contributed by atoms with Crippen molar-refractivity contribution in [2.24, 2.45) is 0 Å². The topological polar surface area (TPSA) is 26.3 Å². The standard InChI is InChI=1S/C25H36F4O2/c1-2-3-4-5-6-7-8-9-10-11-12-13-14-15-16-17-23(30)31-19-20-24(28)21(26)18-22(27)25(20)29/h9-10,18H,2-8,11-17,19H2,1H3/b10-9-. The van der Waals surface area contributed by atoms with Gasteiger partial charge in [-0.05, 0) is 32.1 Å². The van der Waals surface area contributed by atoms with Crippen molar-refractivity contribution in [1.29, 1.82) is 0 Å². The van der Waals surface area contributed by atoms with Crippen LogP contribution in [0.3, 0.4) is 0 Å². The van der Waals surface area contributed by atoms with E-state index in [1.165, 1.54) is 38.5 Å². The van der Waals surface area contributed by atoms with Gasteiger partial charge in [0, 0.05) is 12.5 Å². The highest BCUT2D eigenvalue weighted by molar-refractivity contribution is 5.69. The SMILES string of the molecule is CCCCCCCC/C=C\CCCCCCCC(=O)OCc1c(F)c(F)cc(F)c1F. The molecule has 0 N–H and O–H groups in total. The molecule has 2 nitrogen and oxygen atoms in total. The number of unbranched alkanes of at least 4 members (excludes halogenated alkanes) is 11. The number of hydrogen-bond donors (Lipinski definition) is 0. The fourth-order valence-corrected chi connectivity index (χ4v) is 3.31. The largest absolute Gasteiger partial charge is 0.461 e. The second-order valence-electron chi connectivity index (χ2n) is 7.94. The Kier molecular flexibility index (Phi) is 14.7. The number of allylic oxidation sites excluding steroid dienone is 2. The number of hydrogen-bond acceptors (Lipinski definition) is 2. The number of carbonyl (C=O) groups excluding carboxylic acids is 1. The summed E-state index contributed by atoms with van der Waals surface area (Å²) >= 11 is 0. The van der Waals surface area contributed by atoms with Gasteiger partial charge < -0.3 is 4.74 Å². The maximum absolute atomic E-state index is 13.5. The average molecular weight is 445 g/mol. The summed E-state index contributed by atoms with van der Waals surface area (Å²) in [6.07, 6.45) is 19.4. The quantitative estimate of drug-likeness (QED) is 0.0794. The predicted octanol–water partition coefficient (Wildman–Crippen LogP) is 8.32. The van der Waals surface area contributed by atoms with Gasteiger partial charge >= 0.3 is 5.97 Å². The van der Waals surface area contributed by atoms with Crippen molar-refractivity contribution in [3.8, 4) is 0 Å². The summed E-state index contributed by atoms with van der Waals surface area (Å²) < 4.78 is 58.0. The van der Waals surface area contributed by atoms with E-state index in [1.807, 2.05) is 0 Å². The number of carbonyl (C=O) groups is 1. The average Bonchev–Trinajstić information content (AvgIpc) is 2.75. The number of rotatable bonds is 17. The molecular weight excluding hydrogens is 408 g/mol. The Morgan fingerprint density at radius 3 is 1.81 bits per heavy atom. The van der Waals surface area contributed by atoms with E-state index >= 15 is 0 Å². The van der Waals surface area contributed by atoms with Crippen molar-refractivity contribution < 1.29 is 27.1 Å². The van der Waals surface area contributed by atoms with Crippen molar-refractivity contribution in [2.75, 3.05) is 0 Å². The molecule has 0 aliphatic rings. The molecule has 31 heavy (non-hydrogen) atoms. The van der Waals surface area contributed by atoms with Crippen molar-refractivity contribution >= 4 is 5.97 Å². The van der Waals surface area contributed by atoms with Crippen LogP contribution in [0.4, 0.5) is 17.6 Å². The summed E-state index contributed by atoms with van der Waals surface area (Å²) in [6, 6.07) is 0.126. The molecule has 0 unspecified atom stereocenters. The van der Waals surface area contributed by atoms with Crippen molar-refractivity contribution in [3.63, 3.8) is 0 Å². The van der Waals surface area contributed by atoms with Crippen LogP contribution < -0.4 is 0 Å². The van der Waals surface area contributed by atoms with E-state index in [9.17, 15) is 22.4 Å². The van der Waals surface area contributed by atoms with Crippen LogP contribution in [0.2, 0.25) is 0 Å². The molecule has 0 aliphatic heterocycles. The first kappa shape index (κ1) is 27.2. The van der Waals surface area contributed by atoms with Gasteiger partial charge in [-0.1, -0.05) is 70.4 Å². The third-order valence-electron chi connectivity index (χ3n) is 5.22. The lowest BCUT2D eigenvalue weighted by molar-refractivity contribution is -0.145. The first-order valence-electron chi connectivity index (χ1n) is 11.6. The molecule has 6 heteroatoms. The Bertz CT molecular complexity index is 648. The minimum Gasteiger partial charge on any atom is -0.461 e. The molecule has 0 saturated heterocycles. The lowest BCUT2D eigenvalue weighted by Gasteiger charge is -2.08. The highest BCUT2D eigenvalue weighted by atomic mass is 19.2. The van der Waals surface area contributed by atoms with E-state index in [0.29, 0.717) is 6.42 Å². The Balaban J connectivity index is 2.01. The second-order valence-corrected chi connectivity index (χ2v) is 7.94. The van der Waals surface area contributed by atoms with Crippen LogP contribution >= 0.6 is 0 Å². The molecule has 0 atom stereocenters. The van der Waals surface area contributed by atoms with Crippen LogP contribution in [0.15, 0.2) is 18.2 Å². The molecule has 0 aliphatic carbocycles. The van der Waals surface area contributed by atoms with E-state index in [2.05, 4.69) is 19.1 Å². The van der Waals surface area contributed by atoms with Crippen LogP contribution in [-0.2, 0) is 16.1 Å². The van der Waals surface area contributed by atoms with E-state index < -0.39 is 41.4 Å². The number of ether oxygens (including phenoxy) is 1. The normalized spacial score (nSPS) is 11.4. The van der Waals surface area contributed by atoms with Gasteiger partial charge in [0.05, 0.1) is 5.56 Å². The third-order valence-corrected chi connectivity index (χ3v) is 5.22. The Labute approximate surface area is 184 Å². The maximum Gasteiger partial charge on any atom is 0.306 e. The minimum atomic E-state index is -1.53. The van der Waals surface area contributed by atoms with Crippen LogP contribution in [-0.4, -0.2) is 5.97 Å². The van der Waals surface area contributed by atoms with Crippen LogP contribution in [0.1, 0.15) is 102 Å². The van der Waals surface area contributed by atoms with Gasteiger partial charge in [0.1, 0.15) is 6.61 Å². The molecule has 1 rings (SSSR count). The van der Waals surface area contributed by atoms with Gasteiger partial charge in [-0.15, -0.1) is 0 Å². The van der Waals surface area contributed by atoms with E-state index in [4.69, 9.17) is 4.74 Å². The Hall–Kier alpha value is -1.85. The molecular formula is C25H36F4O2. The summed E-state index contributed by atoms with van der Waals surface area (Å²) in [5, 5.41) is 0. The molecule has 0 heterocycles. The van der Waals surface area contributed by atoms with Crippen LogP contribution in [0.5, 0.6) is 0 Å². The maximum atomic E-state index is 13.5. The predicted molar refractivity (Wildman–Crippen MR) is 116 cm³/mol. The number of esters is 1. The molecule has 0 aromatic heterocycles. The second kappa shape index (κ2) is 16.8. The molecule has 0 fully saturated rings. The van der Waals surface area contributed by atoms with E-state index in [-0.39, 0.29) is 12.5 Å². The number of benzene rings is 1. The van der Waals surface area contributed by atoms with Crippen LogP contribution in [0.25, 0.3) is 0 Å². The Morgan fingerprint density at radius 2 is 1.26 bits per heavy atom. The summed E-state index contributed by atoms with van der Waals surface area (Å²) in [4.78, 5) is 11.7. The monoisotopic (exact) mass is 444 g/mol. The highest BCUT2D eigenvalue weighted by Gasteiger charge is 2.20. The molecule has 0 spiro atoms. The van der Waals surface area contributed by atoms with Gasteiger partial charge in [-0.2, -0.15) is 0 Å². The Morgan fingerprint density at radius 1 is 0.774 bits per heavy atom. The first-order valence-corrected chi connectivity index (χ1v) is 11.6. The van der Waals surface area contributed by atoms with Gasteiger partial charge in [0.25, 0.3) is 0 Å². The summed E-state index contributed by atoms with van der Waals surface area (Å²) in [6.45, 7) is 1.40. The lowest BCUT2D eigenvalue weighted by Crippen LogP contribution is -2.09. The molecule has 0 saturated carbocycles. The summed E-state index contributed by atoms with van der Waals surface area (Å²) in [5.41, 5.74) is -0.907. The van der Waals surface area contributed by atoms with Crippen LogP contribution in [0, 0.1) is 23.3 Å².